The number of carbonyl (C=O) groups is 2. The molecule has 7 heteroatoms. The van der Waals surface area contributed by atoms with E-state index in [0.29, 0.717) is 18.7 Å². The molecular formula is C13H17N3O4. The van der Waals surface area contributed by atoms with Crippen molar-refractivity contribution in [3.8, 4) is 0 Å². The molecule has 0 spiro atoms. The Morgan fingerprint density at radius 3 is 2.25 bits per heavy atom. The van der Waals surface area contributed by atoms with Crippen molar-refractivity contribution in [2.24, 2.45) is 0 Å². The summed E-state index contributed by atoms with van der Waals surface area (Å²) in [7, 11) is 0. The van der Waals surface area contributed by atoms with Crippen molar-refractivity contribution in [3.05, 3.63) is 23.8 Å². The molecule has 1 fully saturated rings. The third-order valence-electron chi connectivity index (χ3n) is 2.82. The number of hydrogen-bond donors (Lipinski definition) is 2. The number of aromatic nitrogens is 2. The molecule has 1 aromatic heterocycles. The van der Waals surface area contributed by atoms with E-state index >= 15 is 0 Å². The first-order valence-electron chi connectivity index (χ1n) is 6.29. The maximum Gasteiger partial charge on any atom is 0.408 e. The molecule has 0 saturated heterocycles. The zero-order chi connectivity index (χ0) is 15.0. The van der Waals surface area contributed by atoms with Crippen molar-refractivity contribution in [2.75, 3.05) is 0 Å². The van der Waals surface area contributed by atoms with E-state index in [2.05, 4.69) is 15.3 Å². The molecule has 2 N–H and O–H groups in total. The molecule has 0 atom stereocenters. The van der Waals surface area contributed by atoms with Gasteiger partial charge in [0.1, 0.15) is 11.1 Å². The lowest BCUT2D eigenvalue weighted by molar-refractivity contribution is 0.0491. The quantitative estimate of drug-likeness (QED) is 0.873. The molecular weight excluding hydrogens is 262 g/mol. The van der Waals surface area contributed by atoms with E-state index in [1.807, 2.05) is 0 Å². The second-order valence-electron chi connectivity index (χ2n) is 5.81. The van der Waals surface area contributed by atoms with Gasteiger partial charge in [-0.3, -0.25) is 0 Å². The number of nitrogens with zero attached hydrogens (tertiary/aromatic N) is 2. The Labute approximate surface area is 116 Å². The van der Waals surface area contributed by atoms with Crippen LogP contribution in [-0.2, 0) is 10.3 Å². The summed E-state index contributed by atoms with van der Waals surface area (Å²) in [5.41, 5.74) is -1.19. The summed E-state index contributed by atoms with van der Waals surface area (Å²) in [6, 6.07) is 0. The highest BCUT2D eigenvalue weighted by molar-refractivity contribution is 5.86. The minimum absolute atomic E-state index is 0.0156. The van der Waals surface area contributed by atoms with Crippen LogP contribution in [0.3, 0.4) is 0 Å². The minimum atomic E-state index is -1.08. The summed E-state index contributed by atoms with van der Waals surface area (Å²) in [6.45, 7) is 5.35. The van der Waals surface area contributed by atoms with Crippen molar-refractivity contribution in [3.63, 3.8) is 0 Å². The smallest absolute Gasteiger partial charge is 0.408 e. The van der Waals surface area contributed by atoms with Gasteiger partial charge in [-0.1, -0.05) is 0 Å². The first kappa shape index (κ1) is 14.2. The third kappa shape index (κ3) is 3.23. The molecule has 1 aromatic rings. The van der Waals surface area contributed by atoms with Crippen LogP contribution >= 0.6 is 0 Å². The number of carbonyl (C=O) groups excluding carboxylic acids is 1. The number of carboxylic acid groups (broad SMARTS) is 1. The molecule has 1 saturated carbocycles. The molecule has 0 unspecified atom stereocenters. The van der Waals surface area contributed by atoms with Gasteiger partial charge in [0.25, 0.3) is 0 Å². The highest BCUT2D eigenvalue weighted by Gasteiger charge is 2.49. The van der Waals surface area contributed by atoms with Gasteiger partial charge in [0.2, 0.25) is 0 Å². The van der Waals surface area contributed by atoms with E-state index in [0.717, 1.165) is 0 Å². The van der Waals surface area contributed by atoms with Gasteiger partial charge in [-0.05, 0) is 33.6 Å². The molecule has 20 heavy (non-hydrogen) atoms. The topological polar surface area (TPSA) is 101 Å². The summed E-state index contributed by atoms with van der Waals surface area (Å²) in [5, 5.41) is 11.6. The molecule has 2 rings (SSSR count). The second kappa shape index (κ2) is 4.73. The van der Waals surface area contributed by atoms with E-state index < -0.39 is 23.2 Å². The number of hydrogen-bond acceptors (Lipinski definition) is 5. The molecule has 1 amide bonds. The molecule has 108 valence electrons. The molecule has 0 aromatic carbocycles. The lowest BCUT2D eigenvalue weighted by Crippen LogP contribution is -2.40. The van der Waals surface area contributed by atoms with E-state index in [1.165, 1.54) is 12.4 Å². The average molecular weight is 279 g/mol. The monoisotopic (exact) mass is 279 g/mol. The van der Waals surface area contributed by atoms with Crippen LogP contribution in [0.2, 0.25) is 0 Å². The van der Waals surface area contributed by atoms with Gasteiger partial charge in [0, 0.05) is 12.4 Å². The third-order valence-corrected chi connectivity index (χ3v) is 2.82. The van der Waals surface area contributed by atoms with E-state index in [-0.39, 0.29) is 5.56 Å². The lowest BCUT2D eigenvalue weighted by Gasteiger charge is -2.22. The molecule has 1 aliphatic rings. The Morgan fingerprint density at radius 1 is 1.30 bits per heavy atom. The minimum Gasteiger partial charge on any atom is -0.478 e. The van der Waals surface area contributed by atoms with Crippen LogP contribution in [0.5, 0.6) is 0 Å². The van der Waals surface area contributed by atoms with Crippen LogP contribution in [0.4, 0.5) is 4.79 Å². The largest absolute Gasteiger partial charge is 0.478 e. The summed E-state index contributed by atoms with van der Waals surface area (Å²) in [5.74, 6) is -0.671. The van der Waals surface area contributed by atoms with Gasteiger partial charge < -0.3 is 15.2 Å². The number of carboxylic acids is 1. The predicted octanol–water partition coefficient (Wildman–Crippen LogP) is 1.69. The van der Waals surface area contributed by atoms with Gasteiger partial charge in [0.05, 0.1) is 5.56 Å². The fourth-order valence-electron chi connectivity index (χ4n) is 1.71. The van der Waals surface area contributed by atoms with Gasteiger partial charge in [-0.2, -0.15) is 0 Å². The standard InChI is InChI=1S/C13H17N3O4/c1-12(2,3)20-11(19)16-13(4-5-13)10-14-6-8(7-15-10)9(17)18/h6-7H,4-5H2,1-3H3,(H,16,19)(H,17,18). The zero-order valence-electron chi connectivity index (χ0n) is 11.6. The van der Waals surface area contributed by atoms with Gasteiger partial charge >= 0.3 is 12.1 Å². The highest BCUT2D eigenvalue weighted by Crippen LogP contribution is 2.43. The van der Waals surface area contributed by atoms with Crippen LogP contribution < -0.4 is 5.32 Å². The van der Waals surface area contributed by atoms with Crippen molar-refractivity contribution < 1.29 is 19.4 Å². The number of amides is 1. The Kier molecular flexibility index (Phi) is 3.37. The molecule has 0 radical (unpaired) electrons. The van der Waals surface area contributed by atoms with E-state index in [1.54, 1.807) is 20.8 Å². The number of nitrogens with one attached hydrogen (secondary N) is 1. The Hall–Kier alpha value is -2.18. The predicted molar refractivity (Wildman–Crippen MR) is 69.3 cm³/mol. The molecule has 1 aliphatic carbocycles. The summed E-state index contributed by atoms with van der Waals surface area (Å²) < 4.78 is 5.20. The Bertz CT molecular complexity index is 530. The normalized spacial score (nSPS) is 16.4. The van der Waals surface area contributed by atoms with Crippen molar-refractivity contribution >= 4 is 12.1 Å². The van der Waals surface area contributed by atoms with E-state index in [9.17, 15) is 9.59 Å². The number of alkyl carbamates (subject to hydrolysis) is 1. The van der Waals surface area contributed by atoms with Crippen LogP contribution in [0.1, 0.15) is 49.8 Å². The molecule has 0 aliphatic heterocycles. The van der Waals surface area contributed by atoms with Crippen LogP contribution in [-0.4, -0.2) is 32.7 Å². The lowest BCUT2D eigenvalue weighted by atomic mass is 10.2. The van der Waals surface area contributed by atoms with Crippen LogP contribution in [0.25, 0.3) is 0 Å². The van der Waals surface area contributed by atoms with E-state index in [4.69, 9.17) is 9.84 Å². The molecule has 1 heterocycles. The average Bonchev–Trinajstić information content (AvgIpc) is 3.07. The van der Waals surface area contributed by atoms with Crippen molar-refractivity contribution in [2.45, 2.75) is 44.8 Å². The Balaban J connectivity index is 2.08. The fraction of sp³-hybridized carbons (Fsp3) is 0.538. The number of rotatable bonds is 3. The second-order valence-corrected chi connectivity index (χ2v) is 5.81. The number of aromatic carboxylic acids is 1. The van der Waals surface area contributed by atoms with Gasteiger partial charge in [0.15, 0.2) is 5.82 Å². The highest BCUT2D eigenvalue weighted by atomic mass is 16.6. The molecule has 0 bridgehead atoms. The zero-order valence-corrected chi connectivity index (χ0v) is 11.6. The van der Waals surface area contributed by atoms with Crippen molar-refractivity contribution in [1.29, 1.82) is 0 Å². The van der Waals surface area contributed by atoms with Crippen molar-refractivity contribution in [1.82, 2.24) is 15.3 Å². The molecule has 7 nitrogen and oxygen atoms in total. The van der Waals surface area contributed by atoms with Gasteiger partial charge in [-0.25, -0.2) is 19.6 Å². The summed E-state index contributed by atoms with van der Waals surface area (Å²) >= 11 is 0. The van der Waals surface area contributed by atoms with Crippen LogP contribution in [0.15, 0.2) is 12.4 Å². The summed E-state index contributed by atoms with van der Waals surface area (Å²) in [6.07, 6.45) is 3.36. The fourth-order valence-corrected chi connectivity index (χ4v) is 1.71. The maximum absolute atomic E-state index is 11.8. The maximum atomic E-state index is 11.8. The Morgan fingerprint density at radius 2 is 1.85 bits per heavy atom. The first-order chi connectivity index (χ1) is 9.22. The van der Waals surface area contributed by atoms with Gasteiger partial charge in [-0.15, -0.1) is 0 Å². The summed E-state index contributed by atoms with van der Waals surface area (Å²) in [4.78, 5) is 30.6. The number of ether oxygens (including phenoxy) is 1. The van der Waals surface area contributed by atoms with Crippen LogP contribution in [0, 0.1) is 0 Å². The first-order valence-corrected chi connectivity index (χ1v) is 6.29. The SMILES string of the molecule is CC(C)(C)OC(=O)NC1(c2ncc(C(=O)O)cn2)CC1.